The second-order valence-electron chi connectivity index (χ2n) is 3.27. The smallest absolute Gasteiger partial charge is 0.265 e. The van der Waals surface area contributed by atoms with E-state index in [0.717, 1.165) is 6.07 Å². The van der Waals surface area contributed by atoms with Crippen LogP contribution in [-0.2, 0) is 0 Å². The van der Waals surface area contributed by atoms with Crippen molar-refractivity contribution in [3.63, 3.8) is 0 Å². The number of nitrogen functional groups attached to an aromatic ring is 1. The minimum Gasteiger partial charge on any atom is -0.493 e. The minimum atomic E-state index is -2.70. The van der Waals surface area contributed by atoms with Crippen LogP contribution >= 0.6 is 0 Å². The second kappa shape index (κ2) is 4.92. The average molecular weight is 229 g/mol. The zero-order chi connectivity index (χ0) is 12.3. The Morgan fingerprint density at radius 3 is 2.56 bits per heavy atom. The summed E-state index contributed by atoms with van der Waals surface area (Å²) in [4.78, 5) is 11.3. The molecule has 1 aromatic carbocycles. The number of nitrogens with two attached hydrogens (primary N) is 1. The number of Topliss-reactive ketones (excluding diaryl/α,β-unsaturated/α-hetero) is 1. The van der Waals surface area contributed by atoms with Crippen molar-refractivity contribution in [1.29, 1.82) is 0 Å². The van der Waals surface area contributed by atoms with Crippen molar-refractivity contribution in [2.75, 3.05) is 12.3 Å². The fourth-order valence-corrected chi connectivity index (χ4v) is 1.35. The highest BCUT2D eigenvalue weighted by atomic mass is 19.3. The first-order valence-corrected chi connectivity index (χ1v) is 4.82. The van der Waals surface area contributed by atoms with E-state index in [2.05, 4.69) is 0 Å². The van der Waals surface area contributed by atoms with E-state index in [1.54, 1.807) is 6.92 Å². The Hall–Kier alpha value is -1.65. The minimum absolute atomic E-state index is 0.0662. The Balaban J connectivity index is 3.31. The molecule has 1 aromatic rings. The van der Waals surface area contributed by atoms with Crippen LogP contribution in [0.2, 0.25) is 0 Å². The lowest BCUT2D eigenvalue weighted by atomic mass is 10.0. The topological polar surface area (TPSA) is 52.3 Å². The Labute approximate surface area is 92.2 Å². The maximum Gasteiger partial charge on any atom is 0.265 e. The Bertz CT molecular complexity index is 405. The summed E-state index contributed by atoms with van der Waals surface area (Å²) < 4.78 is 30.3. The van der Waals surface area contributed by atoms with Gasteiger partial charge in [0, 0.05) is 17.3 Å². The first-order valence-electron chi connectivity index (χ1n) is 4.82. The number of hydrogen-bond donors (Lipinski definition) is 1. The molecule has 0 aliphatic carbocycles. The monoisotopic (exact) mass is 229 g/mol. The van der Waals surface area contributed by atoms with Crippen molar-refractivity contribution < 1.29 is 18.3 Å². The zero-order valence-corrected chi connectivity index (χ0v) is 9.09. The van der Waals surface area contributed by atoms with E-state index in [-0.39, 0.29) is 28.3 Å². The highest BCUT2D eigenvalue weighted by molar-refractivity contribution is 5.97. The van der Waals surface area contributed by atoms with Crippen LogP contribution in [0.25, 0.3) is 0 Å². The van der Waals surface area contributed by atoms with Crippen molar-refractivity contribution in [2.45, 2.75) is 20.3 Å². The molecule has 88 valence electrons. The predicted octanol–water partition coefficient (Wildman–Crippen LogP) is 2.81. The summed E-state index contributed by atoms with van der Waals surface area (Å²) in [6.07, 6.45) is -2.70. The lowest BCUT2D eigenvalue weighted by Crippen LogP contribution is -2.05. The average Bonchev–Trinajstić information content (AvgIpc) is 2.17. The van der Waals surface area contributed by atoms with Crippen molar-refractivity contribution in [3.8, 4) is 5.75 Å². The summed E-state index contributed by atoms with van der Waals surface area (Å²) in [5, 5.41) is 0. The molecule has 0 fully saturated rings. The molecular formula is C11H13F2NO2. The number of hydrogen-bond acceptors (Lipinski definition) is 3. The van der Waals surface area contributed by atoms with Crippen LogP contribution in [0.3, 0.4) is 0 Å². The summed E-state index contributed by atoms with van der Waals surface area (Å²) in [7, 11) is 0. The number of ketones is 1. The predicted molar refractivity (Wildman–Crippen MR) is 57.0 cm³/mol. The van der Waals surface area contributed by atoms with Gasteiger partial charge in [0.25, 0.3) is 6.43 Å². The van der Waals surface area contributed by atoms with Gasteiger partial charge in [-0.05, 0) is 19.9 Å². The molecule has 16 heavy (non-hydrogen) atoms. The van der Waals surface area contributed by atoms with Crippen molar-refractivity contribution in [2.24, 2.45) is 0 Å². The van der Waals surface area contributed by atoms with Gasteiger partial charge in [0.15, 0.2) is 5.78 Å². The van der Waals surface area contributed by atoms with E-state index >= 15 is 0 Å². The number of carbonyl (C=O) groups excluding carboxylic acids is 1. The molecule has 0 aliphatic rings. The number of anilines is 1. The molecule has 1 rings (SSSR count). The van der Waals surface area contributed by atoms with Crippen LogP contribution in [0.5, 0.6) is 5.75 Å². The first-order chi connectivity index (χ1) is 7.47. The SMILES string of the molecule is CCOc1cc(N)c(C(F)F)cc1C(C)=O. The first kappa shape index (κ1) is 12.4. The van der Waals surface area contributed by atoms with Gasteiger partial charge in [0.05, 0.1) is 12.2 Å². The second-order valence-corrected chi connectivity index (χ2v) is 3.27. The van der Waals surface area contributed by atoms with Crippen LogP contribution in [0, 0.1) is 0 Å². The number of carbonyl (C=O) groups is 1. The number of benzene rings is 1. The molecule has 0 spiro atoms. The molecule has 2 N–H and O–H groups in total. The molecule has 0 aliphatic heterocycles. The summed E-state index contributed by atoms with van der Waals surface area (Å²) in [5.41, 5.74) is 5.18. The quantitative estimate of drug-likeness (QED) is 0.638. The van der Waals surface area contributed by atoms with E-state index in [0.29, 0.717) is 6.61 Å². The molecular weight excluding hydrogens is 216 g/mol. The van der Waals surface area contributed by atoms with Gasteiger partial charge in [-0.15, -0.1) is 0 Å². The summed E-state index contributed by atoms with van der Waals surface area (Å²) in [6.45, 7) is 3.37. The summed E-state index contributed by atoms with van der Waals surface area (Å²) in [5.74, 6) is -0.0812. The molecule has 0 bridgehead atoms. The third-order valence-corrected chi connectivity index (χ3v) is 2.10. The van der Waals surface area contributed by atoms with Gasteiger partial charge in [-0.3, -0.25) is 4.79 Å². The highest BCUT2D eigenvalue weighted by Gasteiger charge is 2.17. The maximum atomic E-state index is 12.6. The molecule has 0 radical (unpaired) electrons. The third-order valence-electron chi connectivity index (χ3n) is 2.10. The fraction of sp³-hybridized carbons (Fsp3) is 0.364. The van der Waals surface area contributed by atoms with E-state index in [1.165, 1.54) is 13.0 Å². The summed E-state index contributed by atoms with van der Waals surface area (Å²) in [6, 6.07) is 2.36. The van der Waals surface area contributed by atoms with E-state index in [4.69, 9.17) is 10.5 Å². The van der Waals surface area contributed by atoms with Gasteiger partial charge in [0.2, 0.25) is 0 Å². The number of halogens is 2. The van der Waals surface area contributed by atoms with Crippen molar-refractivity contribution in [3.05, 3.63) is 23.3 Å². The van der Waals surface area contributed by atoms with Crippen molar-refractivity contribution in [1.82, 2.24) is 0 Å². The van der Waals surface area contributed by atoms with Crippen LogP contribution in [0.4, 0.5) is 14.5 Å². The van der Waals surface area contributed by atoms with Crippen LogP contribution < -0.4 is 10.5 Å². The van der Waals surface area contributed by atoms with Gasteiger partial charge in [0.1, 0.15) is 5.75 Å². The molecule has 0 atom stereocenters. The van der Waals surface area contributed by atoms with Gasteiger partial charge in [-0.2, -0.15) is 0 Å². The van der Waals surface area contributed by atoms with Crippen LogP contribution in [-0.4, -0.2) is 12.4 Å². The highest BCUT2D eigenvalue weighted by Crippen LogP contribution is 2.32. The zero-order valence-electron chi connectivity index (χ0n) is 9.09. The summed E-state index contributed by atoms with van der Waals surface area (Å²) >= 11 is 0. The maximum absolute atomic E-state index is 12.6. The Morgan fingerprint density at radius 1 is 1.50 bits per heavy atom. The largest absolute Gasteiger partial charge is 0.493 e. The van der Waals surface area contributed by atoms with E-state index in [9.17, 15) is 13.6 Å². The lowest BCUT2D eigenvalue weighted by molar-refractivity contribution is 0.101. The molecule has 0 amide bonds. The van der Waals surface area contributed by atoms with E-state index in [1.807, 2.05) is 0 Å². The third kappa shape index (κ3) is 2.48. The fourth-order valence-electron chi connectivity index (χ4n) is 1.35. The lowest BCUT2D eigenvalue weighted by Gasteiger charge is -2.12. The molecule has 0 aromatic heterocycles. The molecule has 0 unspecified atom stereocenters. The normalized spacial score (nSPS) is 10.6. The van der Waals surface area contributed by atoms with Crippen molar-refractivity contribution >= 4 is 11.5 Å². The number of ether oxygens (including phenoxy) is 1. The van der Waals surface area contributed by atoms with Crippen LogP contribution in [0.15, 0.2) is 12.1 Å². The Morgan fingerprint density at radius 2 is 2.12 bits per heavy atom. The van der Waals surface area contributed by atoms with Gasteiger partial charge < -0.3 is 10.5 Å². The van der Waals surface area contributed by atoms with E-state index < -0.39 is 6.43 Å². The Kier molecular flexibility index (Phi) is 3.82. The molecule has 3 nitrogen and oxygen atoms in total. The van der Waals surface area contributed by atoms with Gasteiger partial charge >= 0.3 is 0 Å². The van der Waals surface area contributed by atoms with Gasteiger partial charge in [-0.1, -0.05) is 0 Å². The molecule has 0 saturated carbocycles. The number of alkyl halides is 2. The van der Waals surface area contributed by atoms with Crippen LogP contribution in [0.1, 0.15) is 36.2 Å². The molecule has 0 heterocycles. The van der Waals surface area contributed by atoms with Gasteiger partial charge in [-0.25, -0.2) is 8.78 Å². The standard InChI is InChI=1S/C11H13F2NO2/c1-3-16-10-5-9(14)8(11(12)13)4-7(10)6(2)15/h4-5,11H,3,14H2,1-2H3. The number of rotatable bonds is 4. The molecule has 0 saturated heterocycles. The molecule has 5 heteroatoms.